The molecular formula is C16H18N6O4S. The molecule has 0 unspecified atom stereocenters. The standard InChI is InChI=1S/C16H18N6O4S/c1-25-16-20-14(19-15(21-16)22-6-8-26-9-7-22)11-18-27(23,24)13-4-2-12(10-17)3-5-13/h2-5,18H,6-9,11H2,1H3. The predicted octanol–water partition coefficient (Wildman–Crippen LogP) is 0.0670. The summed E-state index contributed by atoms with van der Waals surface area (Å²) in [5.74, 6) is 0.651. The third-order valence-corrected chi connectivity index (χ3v) is 5.26. The first kappa shape index (κ1) is 19.0. The van der Waals surface area contributed by atoms with E-state index < -0.39 is 10.0 Å². The minimum Gasteiger partial charge on any atom is -0.467 e. The van der Waals surface area contributed by atoms with E-state index in [-0.39, 0.29) is 23.3 Å². The molecule has 0 saturated carbocycles. The summed E-state index contributed by atoms with van der Waals surface area (Å²) in [6, 6.07) is 7.68. The number of methoxy groups -OCH3 is 1. The lowest BCUT2D eigenvalue weighted by Gasteiger charge is -2.26. The average molecular weight is 390 g/mol. The summed E-state index contributed by atoms with van der Waals surface area (Å²) in [6.07, 6.45) is 0. The van der Waals surface area contributed by atoms with Crippen molar-refractivity contribution >= 4 is 16.0 Å². The number of hydrogen-bond acceptors (Lipinski definition) is 9. The van der Waals surface area contributed by atoms with Gasteiger partial charge in [0.05, 0.1) is 43.4 Å². The van der Waals surface area contributed by atoms with Crippen LogP contribution in [0.25, 0.3) is 0 Å². The van der Waals surface area contributed by atoms with Crippen molar-refractivity contribution in [1.29, 1.82) is 5.26 Å². The highest BCUT2D eigenvalue weighted by Crippen LogP contribution is 2.15. The van der Waals surface area contributed by atoms with Crippen molar-refractivity contribution in [2.75, 3.05) is 38.3 Å². The van der Waals surface area contributed by atoms with Crippen LogP contribution in [0.5, 0.6) is 6.01 Å². The normalized spacial score (nSPS) is 14.6. The zero-order valence-corrected chi connectivity index (χ0v) is 15.4. The van der Waals surface area contributed by atoms with Crippen LogP contribution in [0.1, 0.15) is 11.4 Å². The molecule has 0 aliphatic carbocycles. The summed E-state index contributed by atoms with van der Waals surface area (Å²) in [4.78, 5) is 14.6. The molecular weight excluding hydrogens is 372 g/mol. The molecule has 1 saturated heterocycles. The zero-order valence-electron chi connectivity index (χ0n) is 14.6. The van der Waals surface area contributed by atoms with Crippen LogP contribution in [-0.4, -0.2) is 56.8 Å². The lowest BCUT2D eigenvalue weighted by atomic mass is 10.2. The Kier molecular flexibility index (Phi) is 5.80. The van der Waals surface area contributed by atoms with E-state index in [2.05, 4.69) is 19.7 Å². The Morgan fingerprint density at radius 3 is 2.56 bits per heavy atom. The summed E-state index contributed by atoms with van der Waals surface area (Å²) in [5, 5.41) is 8.80. The second kappa shape index (κ2) is 8.26. The third kappa shape index (κ3) is 4.68. The van der Waals surface area contributed by atoms with Crippen LogP contribution in [0.4, 0.5) is 5.95 Å². The van der Waals surface area contributed by atoms with Gasteiger partial charge in [0.2, 0.25) is 16.0 Å². The van der Waals surface area contributed by atoms with Crippen molar-refractivity contribution in [2.24, 2.45) is 0 Å². The van der Waals surface area contributed by atoms with E-state index >= 15 is 0 Å². The highest BCUT2D eigenvalue weighted by Gasteiger charge is 2.19. The Morgan fingerprint density at radius 2 is 1.93 bits per heavy atom. The van der Waals surface area contributed by atoms with E-state index in [0.717, 1.165) is 0 Å². The van der Waals surface area contributed by atoms with Gasteiger partial charge in [-0.05, 0) is 24.3 Å². The van der Waals surface area contributed by atoms with Crippen LogP contribution in [-0.2, 0) is 21.3 Å². The molecule has 1 aliphatic rings. The third-order valence-electron chi connectivity index (χ3n) is 3.84. The molecule has 1 fully saturated rings. The smallest absolute Gasteiger partial charge is 0.321 e. The van der Waals surface area contributed by atoms with Crippen molar-refractivity contribution in [3.05, 3.63) is 35.7 Å². The van der Waals surface area contributed by atoms with Crippen molar-refractivity contribution in [2.45, 2.75) is 11.4 Å². The molecule has 10 nitrogen and oxygen atoms in total. The number of ether oxygens (including phenoxy) is 2. The SMILES string of the molecule is COc1nc(CNS(=O)(=O)c2ccc(C#N)cc2)nc(N2CCOCC2)n1. The lowest BCUT2D eigenvalue weighted by Crippen LogP contribution is -2.37. The van der Waals surface area contributed by atoms with E-state index in [4.69, 9.17) is 14.7 Å². The van der Waals surface area contributed by atoms with Crippen LogP contribution >= 0.6 is 0 Å². The van der Waals surface area contributed by atoms with E-state index in [1.54, 1.807) is 0 Å². The van der Waals surface area contributed by atoms with Crippen LogP contribution in [0.3, 0.4) is 0 Å². The van der Waals surface area contributed by atoms with Gasteiger partial charge >= 0.3 is 6.01 Å². The molecule has 0 atom stereocenters. The van der Waals surface area contributed by atoms with Crippen molar-refractivity contribution < 1.29 is 17.9 Å². The molecule has 1 aromatic heterocycles. The molecule has 142 valence electrons. The van der Waals surface area contributed by atoms with Gasteiger partial charge in [-0.15, -0.1) is 0 Å². The molecule has 1 aliphatic heterocycles. The highest BCUT2D eigenvalue weighted by molar-refractivity contribution is 7.89. The topological polar surface area (TPSA) is 130 Å². The van der Waals surface area contributed by atoms with Crippen molar-refractivity contribution in [1.82, 2.24) is 19.7 Å². The lowest BCUT2D eigenvalue weighted by molar-refractivity contribution is 0.122. The molecule has 27 heavy (non-hydrogen) atoms. The van der Waals surface area contributed by atoms with Gasteiger partial charge < -0.3 is 14.4 Å². The zero-order chi connectivity index (χ0) is 19.3. The molecule has 1 N–H and O–H groups in total. The van der Waals surface area contributed by atoms with Gasteiger partial charge in [0.15, 0.2) is 5.82 Å². The second-order valence-electron chi connectivity index (χ2n) is 5.60. The largest absolute Gasteiger partial charge is 0.467 e. The quantitative estimate of drug-likeness (QED) is 0.728. The molecule has 2 aromatic rings. The van der Waals surface area contributed by atoms with Gasteiger partial charge in [0.25, 0.3) is 0 Å². The van der Waals surface area contributed by atoms with Gasteiger partial charge in [-0.1, -0.05) is 0 Å². The van der Waals surface area contributed by atoms with E-state index in [9.17, 15) is 8.42 Å². The number of morpholine rings is 1. The van der Waals surface area contributed by atoms with E-state index in [1.807, 2.05) is 11.0 Å². The van der Waals surface area contributed by atoms with E-state index in [0.29, 0.717) is 37.8 Å². The molecule has 11 heteroatoms. The maximum atomic E-state index is 12.4. The number of benzene rings is 1. The number of nitrogens with zero attached hydrogens (tertiary/aromatic N) is 5. The minimum absolute atomic E-state index is 0.0518. The average Bonchev–Trinajstić information content (AvgIpc) is 2.72. The number of sulfonamides is 1. The number of nitriles is 1. The summed E-state index contributed by atoms with van der Waals surface area (Å²) in [6.45, 7) is 2.26. The Balaban J connectivity index is 1.76. The molecule has 0 amide bonds. The van der Waals surface area contributed by atoms with Gasteiger partial charge in [0.1, 0.15) is 0 Å². The summed E-state index contributed by atoms with van der Waals surface area (Å²) >= 11 is 0. The van der Waals surface area contributed by atoms with Gasteiger partial charge in [-0.3, -0.25) is 0 Å². The summed E-state index contributed by atoms with van der Waals surface area (Å²) in [7, 11) is -2.34. The molecule has 0 bridgehead atoms. The van der Waals surface area contributed by atoms with Crippen LogP contribution < -0.4 is 14.4 Å². The number of aromatic nitrogens is 3. The van der Waals surface area contributed by atoms with Crippen LogP contribution in [0.15, 0.2) is 29.2 Å². The van der Waals surface area contributed by atoms with Gasteiger partial charge in [0, 0.05) is 13.1 Å². The molecule has 0 spiro atoms. The maximum Gasteiger partial charge on any atom is 0.321 e. The van der Waals surface area contributed by atoms with Crippen molar-refractivity contribution in [3.8, 4) is 12.1 Å². The number of anilines is 1. The first-order chi connectivity index (χ1) is 13.0. The molecule has 3 rings (SSSR count). The Bertz CT molecular complexity index is 936. The molecule has 0 radical (unpaired) electrons. The first-order valence-electron chi connectivity index (χ1n) is 8.13. The van der Waals surface area contributed by atoms with Crippen LogP contribution in [0, 0.1) is 11.3 Å². The maximum absolute atomic E-state index is 12.4. The van der Waals surface area contributed by atoms with Crippen molar-refractivity contribution in [3.63, 3.8) is 0 Å². The fourth-order valence-corrected chi connectivity index (χ4v) is 3.39. The van der Waals surface area contributed by atoms with Gasteiger partial charge in [-0.2, -0.15) is 20.2 Å². The number of hydrogen-bond donors (Lipinski definition) is 1. The number of nitrogens with one attached hydrogen (secondary N) is 1. The van der Waals surface area contributed by atoms with Crippen LogP contribution in [0.2, 0.25) is 0 Å². The number of rotatable bonds is 6. The Hall–Kier alpha value is -2.81. The summed E-state index contributed by atoms with van der Waals surface area (Å²) < 4.78 is 37.7. The summed E-state index contributed by atoms with van der Waals surface area (Å²) in [5.41, 5.74) is 0.381. The van der Waals surface area contributed by atoms with Gasteiger partial charge in [-0.25, -0.2) is 13.1 Å². The predicted molar refractivity (Wildman–Crippen MR) is 94.6 cm³/mol. The second-order valence-corrected chi connectivity index (χ2v) is 7.37. The Labute approximate surface area is 156 Å². The fourth-order valence-electron chi connectivity index (χ4n) is 2.41. The Morgan fingerprint density at radius 1 is 1.22 bits per heavy atom. The first-order valence-corrected chi connectivity index (χ1v) is 9.61. The monoisotopic (exact) mass is 390 g/mol. The van der Waals surface area contributed by atoms with E-state index in [1.165, 1.54) is 31.4 Å². The minimum atomic E-state index is -3.77. The highest BCUT2D eigenvalue weighted by atomic mass is 32.2. The molecule has 2 heterocycles. The fraction of sp³-hybridized carbons (Fsp3) is 0.375. The molecule has 1 aromatic carbocycles.